The lowest BCUT2D eigenvalue weighted by atomic mass is 9.99. The van der Waals surface area contributed by atoms with E-state index in [1.807, 2.05) is 4.90 Å². The lowest BCUT2D eigenvalue weighted by Gasteiger charge is -2.33. The maximum absolute atomic E-state index is 12.1. The Bertz CT molecular complexity index is 311. The van der Waals surface area contributed by atoms with Crippen molar-refractivity contribution >= 4 is 6.03 Å². The standard InChI is InChI=1S/C15H29N3O2/c1-13-4-2-7-17(10-13)9-6-16-15(20)18-8-3-5-14(11-18)12-19/h13-14,19H,2-12H2,1H3,(H,16,20). The first-order valence-corrected chi connectivity index (χ1v) is 8.05. The van der Waals surface area contributed by atoms with Crippen molar-refractivity contribution < 1.29 is 9.90 Å². The molecular formula is C15H29N3O2. The van der Waals surface area contributed by atoms with Crippen molar-refractivity contribution in [1.82, 2.24) is 15.1 Å². The predicted octanol–water partition coefficient (Wildman–Crippen LogP) is 1.13. The summed E-state index contributed by atoms with van der Waals surface area (Å²) in [5, 5.41) is 12.2. The molecule has 2 unspecified atom stereocenters. The van der Waals surface area contributed by atoms with Crippen LogP contribution < -0.4 is 5.32 Å². The lowest BCUT2D eigenvalue weighted by molar-refractivity contribution is 0.128. The average molecular weight is 283 g/mol. The van der Waals surface area contributed by atoms with E-state index in [0.717, 1.165) is 51.5 Å². The van der Waals surface area contributed by atoms with E-state index in [9.17, 15) is 9.90 Å². The first-order valence-electron chi connectivity index (χ1n) is 8.05. The zero-order chi connectivity index (χ0) is 14.4. The van der Waals surface area contributed by atoms with Crippen molar-refractivity contribution in [2.75, 3.05) is 45.9 Å². The van der Waals surface area contributed by atoms with Crippen LogP contribution in [0.3, 0.4) is 0 Å². The number of amides is 2. The van der Waals surface area contributed by atoms with Gasteiger partial charge in [0.1, 0.15) is 0 Å². The molecule has 0 radical (unpaired) electrons. The van der Waals surface area contributed by atoms with Crippen LogP contribution in [0.2, 0.25) is 0 Å². The van der Waals surface area contributed by atoms with E-state index in [1.165, 1.54) is 12.8 Å². The number of rotatable bonds is 4. The molecule has 20 heavy (non-hydrogen) atoms. The van der Waals surface area contributed by atoms with E-state index >= 15 is 0 Å². The predicted molar refractivity (Wildman–Crippen MR) is 79.6 cm³/mol. The van der Waals surface area contributed by atoms with Gasteiger partial charge in [-0.1, -0.05) is 6.92 Å². The Morgan fingerprint density at radius 1 is 1.25 bits per heavy atom. The van der Waals surface area contributed by atoms with Gasteiger partial charge in [-0.3, -0.25) is 0 Å². The fraction of sp³-hybridized carbons (Fsp3) is 0.933. The van der Waals surface area contributed by atoms with Gasteiger partial charge in [-0.25, -0.2) is 4.79 Å². The van der Waals surface area contributed by atoms with Crippen LogP contribution in [0.4, 0.5) is 4.79 Å². The summed E-state index contributed by atoms with van der Waals surface area (Å²) in [7, 11) is 0. The van der Waals surface area contributed by atoms with Gasteiger partial charge in [0.2, 0.25) is 0 Å². The van der Waals surface area contributed by atoms with E-state index in [2.05, 4.69) is 17.1 Å². The number of piperidine rings is 2. The van der Waals surface area contributed by atoms with Gasteiger partial charge in [0, 0.05) is 39.3 Å². The zero-order valence-electron chi connectivity index (χ0n) is 12.7. The number of hydrogen-bond donors (Lipinski definition) is 2. The molecule has 2 heterocycles. The van der Waals surface area contributed by atoms with Gasteiger partial charge >= 0.3 is 6.03 Å². The SMILES string of the molecule is CC1CCCN(CCNC(=O)N2CCCC(CO)C2)C1. The highest BCUT2D eigenvalue weighted by Crippen LogP contribution is 2.16. The highest BCUT2D eigenvalue weighted by atomic mass is 16.3. The van der Waals surface area contributed by atoms with Crippen LogP contribution in [0.1, 0.15) is 32.6 Å². The topological polar surface area (TPSA) is 55.8 Å². The molecule has 0 spiro atoms. The molecule has 2 fully saturated rings. The second-order valence-electron chi connectivity index (χ2n) is 6.42. The van der Waals surface area contributed by atoms with E-state index in [1.54, 1.807) is 0 Å². The van der Waals surface area contributed by atoms with Crippen LogP contribution in [-0.2, 0) is 0 Å². The molecule has 2 atom stereocenters. The summed E-state index contributed by atoms with van der Waals surface area (Å²) in [5.74, 6) is 1.05. The fourth-order valence-electron chi connectivity index (χ4n) is 3.32. The molecule has 116 valence electrons. The van der Waals surface area contributed by atoms with Crippen LogP contribution in [0.25, 0.3) is 0 Å². The minimum absolute atomic E-state index is 0.0354. The third kappa shape index (κ3) is 4.63. The van der Waals surface area contributed by atoms with Crippen LogP contribution in [-0.4, -0.2) is 66.8 Å². The molecule has 2 amide bonds. The number of aliphatic hydroxyl groups excluding tert-OH is 1. The van der Waals surface area contributed by atoms with E-state index in [0.29, 0.717) is 6.54 Å². The molecule has 0 aromatic carbocycles. The van der Waals surface area contributed by atoms with Crippen molar-refractivity contribution in [2.45, 2.75) is 32.6 Å². The summed E-state index contributed by atoms with van der Waals surface area (Å²) in [6.45, 7) is 8.01. The van der Waals surface area contributed by atoms with Crippen LogP contribution in [0.15, 0.2) is 0 Å². The summed E-state index contributed by atoms with van der Waals surface area (Å²) < 4.78 is 0. The van der Waals surface area contributed by atoms with Crippen molar-refractivity contribution in [2.24, 2.45) is 11.8 Å². The molecule has 2 rings (SSSR count). The molecule has 0 aromatic heterocycles. The summed E-state index contributed by atoms with van der Waals surface area (Å²) in [5.41, 5.74) is 0. The van der Waals surface area contributed by atoms with Crippen LogP contribution >= 0.6 is 0 Å². The highest BCUT2D eigenvalue weighted by molar-refractivity contribution is 5.74. The molecule has 5 heteroatoms. The van der Waals surface area contributed by atoms with Crippen LogP contribution in [0.5, 0.6) is 0 Å². The quantitative estimate of drug-likeness (QED) is 0.813. The van der Waals surface area contributed by atoms with E-state index in [4.69, 9.17) is 0 Å². The molecule has 2 N–H and O–H groups in total. The smallest absolute Gasteiger partial charge is 0.317 e. The summed E-state index contributed by atoms with van der Waals surface area (Å²) >= 11 is 0. The largest absolute Gasteiger partial charge is 0.396 e. The molecule has 0 aromatic rings. The minimum atomic E-state index is 0.0354. The Kier molecular flexibility index (Phi) is 6.10. The van der Waals surface area contributed by atoms with E-state index < -0.39 is 0 Å². The number of nitrogens with one attached hydrogen (secondary N) is 1. The van der Waals surface area contributed by atoms with Gasteiger partial charge in [0.25, 0.3) is 0 Å². The average Bonchev–Trinajstić information content (AvgIpc) is 2.47. The van der Waals surface area contributed by atoms with Crippen molar-refractivity contribution in [3.05, 3.63) is 0 Å². The minimum Gasteiger partial charge on any atom is -0.396 e. The fourth-order valence-corrected chi connectivity index (χ4v) is 3.32. The Morgan fingerprint density at radius 2 is 2.05 bits per heavy atom. The molecule has 0 bridgehead atoms. The third-order valence-electron chi connectivity index (χ3n) is 4.51. The Morgan fingerprint density at radius 3 is 2.80 bits per heavy atom. The number of carbonyl (C=O) groups excluding carboxylic acids is 1. The first kappa shape index (κ1) is 15.6. The number of urea groups is 1. The molecule has 0 saturated carbocycles. The molecule has 5 nitrogen and oxygen atoms in total. The summed E-state index contributed by atoms with van der Waals surface area (Å²) in [6, 6.07) is 0.0354. The van der Waals surface area contributed by atoms with Gasteiger partial charge in [-0.05, 0) is 44.1 Å². The monoisotopic (exact) mass is 283 g/mol. The third-order valence-corrected chi connectivity index (χ3v) is 4.51. The lowest BCUT2D eigenvalue weighted by Crippen LogP contribution is -2.48. The van der Waals surface area contributed by atoms with Gasteiger partial charge in [-0.2, -0.15) is 0 Å². The van der Waals surface area contributed by atoms with Crippen molar-refractivity contribution in [1.29, 1.82) is 0 Å². The highest BCUT2D eigenvalue weighted by Gasteiger charge is 2.23. The number of likely N-dealkylation sites (tertiary alicyclic amines) is 2. The number of hydrogen-bond acceptors (Lipinski definition) is 3. The van der Waals surface area contributed by atoms with Gasteiger partial charge < -0.3 is 20.2 Å². The van der Waals surface area contributed by atoms with Gasteiger partial charge in [0.05, 0.1) is 0 Å². The normalized spacial score (nSPS) is 28.4. The van der Waals surface area contributed by atoms with Crippen LogP contribution in [0, 0.1) is 11.8 Å². The first-order chi connectivity index (χ1) is 9.69. The zero-order valence-corrected chi connectivity index (χ0v) is 12.7. The second-order valence-corrected chi connectivity index (χ2v) is 6.42. The molecular weight excluding hydrogens is 254 g/mol. The molecule has 0 aliphatic carbocycles. The number of carbonyl (C=O) groups is 1. The summed E-state index contributed by atoms with van der Waals surface area (Å²) in [4.78, 5) is 16.4. The van der Waals surface area contributed by atoms with Crippen molar-refractivity contribution in [3.63, 3.8) is 0 Å². The van der Waals surface area contributed by atoms with Gasteiger partial charge in [-0.15, -0.1) is 0 Å². The van der Waals surface area contributed by atoms with Gasteiger partial charge in [0.15, 0.2) is 0 Å². The Hall–Kier alpha value is -0.810. The molecule has 2 aliphatic rings. The van der Waals surface area contributed by atoms with Crippen molar-refractivity contribution in [3.8, 4) is 0 Å². The molecule has 2 saturated heterocycles. The number of aliphatic hydroxyl groups is 1. The maximum atomic E-state index is 12.1. The molecule has 2 aliphatic heterocycles. The summed E-state index contributed by atoms with van der Waals surface area (Å²) in [6.07, 6.45) is 4.65. The van der Waals surface area contributed by atoms with E-state index in [-0.39, 0.29) is 18.6 Å². The Balaban J connectivity index is 1.64. The maximum Gasteiger partial charge on any atom is 0.317 e. The second kappa shape index (κ2) is 7.84. The number of nitrogens with zero attached hydrogens (tertiary/aromatic N) is 2. The Labute approximate surface area is 122 Å².